The minimum atomic E-state index is -4.45. The van der Waals surface area contributed by atoms with Crippen LogP contribution in [0.15, 0.2) is 109 Å². The number of nitrogens with zero attached hydrogens (tertiary/aromatic N) is 4. The van der Waals surface area contributed by atoms with E-state index in [0.717, 1.165) is 28.8 Å². The van der Waals surface area contributed by atoms with Crippen molar-refractivity contribution < 1.29 is 27.4 Å². The molecule has 0 aliphatic carbocycles. The maximum atomic E-state index is 13.8. The molecule has 4 aromatic carbocycles. The molecule has 0 unspecified atom stereocenters. The fourth-order valence-electron chi connectivity index (χ4n) is 5.45. The van der Waals surface area contributed by atoms with Gasteiger partial charge < -0.3 is 14.8 Å². The number of carbonyl (C=O) groups is 1. The third kappa shape index (κ3) is 8.19. The molecule has 49 heavy (non-hydrogen) atoms. The topological polar surface area (TPSA) is 91.2 Å². The molecular formula is C38H34F3N5O3. The highest BCUT2D eigenvalue weighted by Crippen LogP contribution is 2.32. The summed E-state index contributed by atoms with van der Waals surface area (Å²) in [6, 6.07) is 28.0. The second-order valence-corrected chi connectivity index (χ2v) is 11.7. The van der Waals surface area contributed by atoms with Gasteiger partial charge in [0.1, 0.15) is 5.69 Å². The number of aromatic nitrogens is 4. The number of alkyl halides is 3. The number of nitrogens with one attached hydrogen (secondary N) is 1. The molecule has 0 spiro atoms. The van der Waals surface area contributed by atoms with Gasteiger partial charge in [0.25, 0.3) is 5.91 Å². The van der Waals surface area contributed by atoms with Gasteiger partial charge in [-0.05, 0) is 66.9 Å². The molecule has 2 heterocycles. The van der Waals surface area contributed by atoms with Crippen molar-refractivity contribution in [1.29, 1.82) is 0 Å². The summed E-state index contributed by atoms with van der Waals surface area (Å²) in [7, 11) is 0. The number of benzene rings is 4. The van der Waals surface area contributed by atoms with Crippen LogP contribution in [0.2, 0.25) is 0 Å². The molecule has 6 aromatic rings. The Bertz CT molecular complexity index is 2000. The van der Waals surface area contributed by atoms with Gasteiger partial charge in [-0.1, -0.05) is 60.7 Å². The quantitative estimate of drug-likeness (QED) is 0.141. The predicted octanol–water partition coefficient (Wildman–Crippen LogP) is 8.36. The SMILES string of the molecule is Cc1cc(-c2ncc3cc(C(F)(F)F)ccc3n2)ccc1NC(=O)c1c(C)cnn1C(COCc1ccccc1)COCc1ccccc1. The number of hydrogen-bond acceptors (Lipinski definition) is 6. The van der Waals surface area contributed by atoms with Gasteiger partial charge in [0, 0.05) is 28.4 Å². The number of hydrogen-bond donors (Lipinski definition) is 1. The second-order valence-electron chi connectivity index (χ2n) is 11.7. The molecule has 0 atom stereocenters. The van der Waals surface area contributed by atoms with Gasteiger partial charge in [-0.2, -0.15) is 18.3 Å². The summed E-state index contributed by atoms with van der Waals surface area (Å²) < 4.78 is 53.2. The van der Waals surface area contributed by atoms with Crippen molar-refractivity contribution in [2.24, 2.45) is 0 Å². The Morgan fingerprint density at radius 3 is 2.08 bits per heavy atom. The first-order chi connectivity index (χ1) is 23.7. The standard InChI is InChI=1S/C38H34F3N5O3/c1-25-17-29(36-42-20-30-18-31(38(39,40)41)14-16-34(30)44-36)13-15-33(25)45-37(47)35-26(2)19-43-46(35)32(23-48-21-27-9-5-3-6-10-27)24-49-22-28-11-7-4-8-12-28/h3-20,32H,21-24H2,1-2H3,(H,45,47). The van der Waals surface area contributed by atoms with Gasteiger partial charge in [-0.3, -0.25) is 9.48 Å². The number of fused-ring (bicyclic) bond motifs is 1. The van der Waals surface area contributed by atoms with E-state index in [1.807, 2.05) is 80.6 Å². The number of carbonyl (C=O) groups excluding carboxylic acids is 1. The average Bonchev–Trinajstić information content (AvgIpc) is 3.49. The molecule has 11 heteroatoms. The summed E-state index contributed by atoms with van der Waals surface area (Å²) in [5.41, 5.74) is 4.77. The monoisotopic (exact) mass is 665 g/mol. The summed E-state index contributed by atoms with van der Waals surface area (Å²) in [6.07, 6.45) is -1.42. The Morgan fingerprint density at radius 2 is 1.47 bits per heavy atom. The maximum Gasteiger partial charge on any atom is 0.416 e. The van der Waals surface area contributed by atoms with Crippen LogP contribution in [0.3, 0.4) is 0 Å². The lowest BCUT2D eigenvalue weighted by Crippen LogP contribution is -2.28. The molecule has 0 bridgehead atoms. The summed E-state index contributed by atoms with van der Waals surface area (Å²) in [5, 5.41) is 7.87. The van der Waals surface area contributed by atoms with Crippen LogP contribution in [0.5, 0.6) is 0 Å². The molecule has 2 aromatic heterocycles. The maximum absolute atomic E-state index is 13.8. The van der Waals surface area contributed by atoms with E-state index in [4.69, 9.17) is 9.47 Å². The van der Waals surface area contributed by atoms with Crippen molar-refractivity contribution in [2.75, 3.05) is 18.5 Å². The van der Waals surface area contributed by atoms with E-state index in [1.165, 1.54) is 12.3 Å². The highest BCUT2D eigenvalue weighted by atomic mass is 19.4. The molecule has 0 aliphatic rings. The second kappa shape index (κ2) is 14.8. The molecule has 1 N–H and O–H groups in total. The minimum absolute atomic E-state index is 0.266. The first-order valence-corrected chi connectivity index (χ1v) is 15.7. The summed E-state index contributed by atoms with van der Waals surface area (Å²) >= 11 is 0. The lowest BCUT2D eigenvalue weighted by Gasteiger charge is -2.21. The third-order valence-electron chi connectivity index (χ3n) is 8.02. The van der Waals surface area contributed by atoms with Crippen LogP contribution in [-0.2, 0) is 28.9 Å². The van der Waals surface area contributed by atoms with E-state index in [1.54, 1.807) is 23.0 Å². The minimum Gasteiger partial charge on any atom is -0.374 e. The number of rotatable bonds is 12. The molecule has 0 fully saturated rings. The van der Waals surface area contributed by atoms with Crippen LogP contribution < -0.4 is 5.32 Å². The molecule has 6 rings (SSSR count). The fourth-order valence-corrected chi connectivity index (χ4v) is 5.45. The van der Waals surface area contributed by atoms with Crippen LogP contribution in [0, 0.1) is 13.8 Å². The number of aryl methyl sites for hydroxylation is 2. The van der Waals surface area contributed by atoms with Crippen molar-refractivity contribution in [2.45, 2.75) is 39.3 Å². The van der Waals surface area contributed by atoms with Crippen molar-refractivity contribution in [3.8, 4) is 11.4 Å². The van der Waals surface area contributed by atoms with E-state index in [9.17, 15) is 18.0 Å². The molecule has 0 saturated heterocycles. The van der Waals surface area contributed by atoms with Gasteiger partial charge in [-0.25, -0.2) is 9.97 Å². The summed E-state index contributed by atoms with van der Waals surface area (Å²) in [4.78, 5) is 22.6. The lowest BCUT2D eigenvalue weighted by atomic mass is 10.1. The highest BCUT2D eigenvalue weighted by molar-refractivity contribution is 6.04. The van der Waals surface area contributed by atoms with Crippen LogP contribution in [-0.4, -0.2) is 38.9 Å². The van der Waals surface area contributed by atoms with Gasteiger partial charge in [0.15, 0.2) is 5.82 Å². The van der Waals surface area contributed by atoms with E-state index < -0.39 is 11.7 Å². The van der Waals surface area contributed by atoms with Crippen LogP contribution in [0.25, 0.3) is 22.3 Å². The summed E-state index contributed by atoms with van der Waals surface area (Å²) in [5.74, 6) is 0.0143. The lowest BCUT2D eigenvalue weighted by molar-refractivity contribution is -0.137. The molecule has 1 amide bonds. The van der Waals surface area contributed by atoms with Crippen molar-refractivity contribution >= 4 is 22.5 Å². The molecular weight excluding hydrogens is 631 g/mol. The van der Waals surface area contributed by atoms with E-state index >= 15 is 0 Å². The Labute approximate surface area is 281 Å². The summed E-state index contributed by atoms with van der Waals surface area (Å²) in [6.45, 7) is 5.01. The number of halogens is 3. The molecule has 0 aliphatic heterocycles. The fraction of sp³-hybridized carbons (Fsp3) is 0.211. The van der Waals surface area contributed by atoms with Gasteiger partial charge >= 0.3 is 6.18 Å². The molecule has 250 valence electrons. The molecule has 8 nitrogen and oxygen atoms in total. The van der Waals surface area contributed by atoms with Crippen LogP contribution >= 0.6 is 0 Å². The normalized spacial score (nSPS) is 11.7. The Balaban J connectivity index is 1.19. The number of ether oxygens (including phenoxy) is 2. The number of anilines is 1. The van der Waals surface area contributed by atoms with Crippen molar-refractivity contribution in [3.05, 3.63) is 143 Å². The van der Waals surface area contributed by atoms with E-state index in [0.29, 0.717) is 52.4 Å². The van der Waals surface area contributed by atoms with Gasteiger partial charge in [0.05, 0.1) is 49.7 Å². The van der Waals surface area contributed by atoms with Crippen LogP contribution in [0.1, 0.15) is 44.3 Å². The Hall–Kier alpha value is -5.39. The largest absolute Gasteiger partial charge is 0.416 e. The average molecular weight is 666 g/mol. The van der Waals surface area contributed by atoms with E-state index in [2.05, 4.69) is 20.4 Å². The third-order valence-corrected chi connectivity index (χ3v) is 8.02. The highest BCUT2D eigenvalue weighted by Gasteiger charge is 2.30. The predicted molar refractivity (Wildman–Crippen MR) is 181 cm³/mol. The van der Waals surface area contributed by atoms with Crippen molar-refractivity contribution in [3.63, 3.8) is 0 Å². The zero-order valence-corrected chi connectivity index (χ0v) is 26.9. The first-order valence-electron chi connectivity index (χ1n) is 15.7. The zero-order valence-electron chi connectivity index (χ0n) is 26.9. The first kappa shape index (κ1) is 33.5. The van der Waals surface area contributed by atoms with Gasteiger partial charge in [-0.15, -0.1) is 0 Å². The number of amides is 1. The van der Waals surface area contributed by atoms with Crippen LogP contribution in [0.4, 0.5) is 18.9 Å². The Morgan fingerprint density at radius 1 is 0.816 bits per heavy atom. The molecule has 0 radical (unpaired) electrons. The smallest absolute Gasteiger partial charge is 0.374 e. The Kier molecular flexibility index (Phi) is 10.1. The van der Waals surface area contributed by atoms with Crippen molar-refractivity contribution in [1.82, 2.24) is 19.7 Å². The molecule has 0 saturated carbocycles. The zero-order chi connectivity index (χ0) is 34.4. The van der Waals surface area contributed by atoms with E-state index in [-0.39, 0.29) is 25.2 Å². The van der Waals surface area contributed by atoms with Gasteiger partial charge in [0.2, 0.25) is 0 Å².